The minimum atomic E-state index is -4.47. The summed E-state index contributed by atoms with van der Waals surface area (Å²) in [7, 11) is -4.04. The summed E-state index contributed by atoms with van der Waals surface area (Å²) in [5.74, 6) is -0.324. The molecule has 0 saturated carbocycles. The Morgan fingerprint density at radius 2 is 1.67 bits per heavy atom. The van der Waals surface area contributed by atoms with Crippen molar-refractivity contribution in [3.8, 4) is 11.3 Å². The minimum absolute atomic E-state index is 0.0485. The summed E-state index contributed by atoms with van der Waals surface area (Å²) in [5.41, 5.74) is 2.39. The van der Waals surface area contributed by atoms with Gasteiger partial charge in [-0.05, 0) is 41.3 Å². The van der Waals surface area contributed by atoms with E-state index in [0.717, 1.165) is 29.0 Å². The van der Waals surface area contributed by atoms with Gasteiger partial charge in [0.2, 0.25) is 15.9 Å². The van der Waals surface area contributed by atoms with Gasteiger partial charge >= 0.3 is 6.18 Å². The van der Waals surface area contributed by atoms with E-state index in [1.807, 2.05) is 54.5 Å². The molecule has 0 radical (unpaired) electrons. The molecule has 1 unspecified atom stereocenters. The lowest BCUT2D eigenvalue weighted by molar-refractivity contribution is -0.137. The van der Waals surface area contributed by atoms with Crippen molar-refractivity contribution in [2.45, 2.75) is 43.4 Å². The molecule has 1 aliphatic rings. The molecule has 2 heterocycles. The molecule has 1 aliphatic heterocycles. The van der Waals surface area contributed by atoms with Crippen molar-refractivity contribution in [3.05, 3.63) is 101 Å². The predicted octanol–water partition coefficient (Wildman–Crippen LogP) is 6.15. The van der Waals surface area contributed by atoms with Crippen LogP contribution in [0.5, 0.6) is 0 Å². The first-order valence-corrected chi connectivity index (χ1v) is 16.1. The van der Waals surface area contributed by atoms with Crippen molar-refractivity contribution in [1.82, 2.24) is 14.6 Å². The van der Waals surface area contributed by atoms with E-state index in [9.17, 15) is 26.4 Å². The third kappa shape index (κ3) is 6.92. The SMILES string of the molecule is CC(C)c1ccc(S(=O)(=O)N2CCN(c3nc(-c4ccccc4)cs3)CC2C(=O)NCc2ccc(C(F)(F)F)cc2)cc1. The van der Waals surface area contributed by atoms with Gasteiger partial charge in [-0.25, -0.2) is 13.4 Å². The molecule has 7 nitrogen and oxygen atoms in total. The van der Waals surface area contributed by atoms with Gasteiger partial charge in [-0.3, -0.25) is 4.79 Å². The van der Waals surface area contributed by atoms with Crippen molar-refractivity contribution < 1.29 is 26.4 Å². The molecule has 4 aromatic rings. The number of sulfonamides is 1. The monoisotopic (exact) mass is 628 g/mol. The molecule has 43 heavy (non-hydrogen) atoms. The normalized spacial score (nSPS) is 16.4. The lowest BCUT2D eigenvalue weighted by Gasteiger charge is -2.39. The van der Waals surface area contributed by atoms with Crippen LogP contribution < -0.4 is 10.2 Å². The largest absolute Gasteiger partial charge is 0.416 e. The lowest BCUT2D eigenvalue weighted by atomic mass is 10.0. The number of anilines is 1. The maximum Gasteiger partial charge on any atom is 0.416 e. The smallest absolute Gasteiger partial charge is 0.351 e. The second-order valence-corrected chi connectivity index (χ2v) is 13.3. The zero-order chi connectivity index (χ0) is 30.8. The van der Waals surface area contributed by atoms with Crippen LogP contribution in [0.25, 0.3) is 11.3 Å². The molecule has 226 valence electrons. The summed E-state index contributed by atoms with van der Waals surface area (Å²) in [5, 5.41) is 5.32. The number of hydrogen-bond donors (Lipinski definition) is 1. The number of halogens is 3. The Bertz CT molecular complexity index is 1660. The summed E-state index contributed by atoms with van der Waals surface area (Å²) < 4.78 is 67.8. The Morgan fingerprint density at radius 1 is 1.00 bits per heavy atom. The fourth-order valence-corrected chi connectivity index (χ4v) is 7.31. The molecule has 0 spiro atoms. The number of carbonyl (C=O) groups is 1. The van der Waals surface area contributed by atoms with Gasteiger partial charge in [-0.2, -0.15) is 17.5 Å². The number of thiazole rings is 1. The van der Waals surface area contributed by atoms with Gasteiger partial charge in [-0.1, -0.05) is 68.4 Å². The predicted molar refractivity (Wildman–Crippen MR) is 161 cm³/mol. The Morgan fingerprint density at radius 3 is 2.30 bits per heavy atom. The van der Waals surface area contributed by atoms with Crippen molar-refractivity contribution in [2.75, 3.05) is 24.5 Å². The van der Waals surface area contributed by atoms with E-state index >= 15 is 0 Å². The van der Waals surface area contributed by atoms with Crippen LogP contribution in [0.4, 0.5) is 18.3 Å². The van der Waals surface area contributed by atoms with Gasteiger partial charge in [-0.15, -0.1) is 11.3 Å². The van der Waals surface area contributed by atoms with Crippen LogP contribution in [0, 0.1) is 0 Å². The summed E-state index contributed by atoms with van der Waals surface area (Å²) in [4.78, 5) is 20.3. The number of amides is 1. The number of piperazine rings is 1. The maximum atomic E-state index is 13.8. The standard InChI is InChI=1S/C31H31F3N4O3S2/c1-21(2)23-10-14-26(15-11-23)43(40,41)38-17-16-37(30-36-27(20-42-30)24-6-4-3-5-7-24)19-28(38)29(39)35-18-22-8-12-25(13-9-22)31(32,33)34/h3-15,20-21,28H,16-19H2,1-2H3,(H,35,39). The van der Waals surface area contributed by atoms with E-state index < -0.39 is 33.7 Å². The van der Waals surface area contributed by atoms with Crippen molar-refractivity contribution in [2.24, 2.45) is 0 Å². The number of benzene rings is 3. The first kappa shape index (κ1) is 30.7. The molecule has 0 bridgehead atoms. The number of rotatable bonds is 8. The number of aromatic nitrogens is 1. The number of nitrogens with zero attached hydrogens (tertiary/aromatic N) is 3. The Balaban J connectivity index is 1.39. The third-order valence-corrected chi connectivity index (χ3v) is 10.2. The van der Waals surface area contributed by atoms with Crippen LogP contribution in [0.15, 0.2) is 89.1 Å². The molecule has 3 aromatic carbocycles. The minimum Gasteiger partial charge on any atom is -0.351 e. The summed E-state index contributed by atoms with van der Waals surface area (Å²) in [6.07, 6.45) is -4.47. The molecule has 1 fully saturated rings. The van der Waals surface area contributed by atoms with Crippen LogP contribution in [0.3, 0.4) is 0 Å². The zero-order valence-electron chi connectivity index (χ0n) is 23.6. The molecular weight excluding hydrogens is 597 g/mol. The molecule has 1 amide bonds. The van der Waals surface area contributed by atoms with Crippen LogP contribution in [0.2, 0.25) is 0 Å². The van der Waals surface area contributed by atoms with Crippen LogP contribution in [-0.2, 0) is 27.5 Å². The topological polar surface area (TPSA) is 82.6 Å². The van der Waals surface area contributed by atoms with Crippen molar-refractivity contribution in [1.29, 1.82) is 0 Å². The number of alkyl halides is 3. The van der Waals surface area contributed by atoms with Crippen molar-refractivity contribution >= 4 is 32.4 Å². The summed E-state index contributed by atoms with van der Waals surface area (Å²) in [6, 6.07) is 19.7. The van der Waals surface area contributed by atoms with Gasteiger partial charge in [0, 0.05) is 37.1 Å². The van der Waals surface area contributed by atoms with Crippen molar-refractivity contribution in [3.63, 3.8) is 0 Å². The second-order valence-electron chi connectivity index (χ2n) is 10.6. The summed E-state index contributed by atoms with van der Waals surface area (Å²) in [6.45, 7) is 4.41. The van der Waals surface area contributed by atoms with Gasteiger partial charge in [0.1, 0.15) is 6.04 Å². The zero-order valence-corrected chi connectivity index (χ0v) is 25.2. The first-order valence-electron chi connectivity index (χ1n) is 13.7. The Labute approximate surface area is 253 Å². The van der Waals surface area contributed by atoms with E-state index in [1.165, 1.54) is 27.8 Å². The van der Waals surface area contributed by atoms with E-state index in [1.54, 1.807) is 24.3 Å². The van der Waals surface area contributed by atoms with Gasteiger partial charge in [0.15, 0.2) is 5.13 Å². The number of carbonyl (C=O) groups excluding carboxylic acids is 1. The molecule has 0 aliphatic carbocycles. The number of hydrogen-bond acceptors (Lipinski definition) is 6. The van der Waals surface area contributed by atoms with Crippen LogP contribution in [0.1, 0.15) is 36.5 Å². The molecule has 1 N–H and O–H groups in total. The summed E-state index contributed by atoms with van der Waals surface area (Å²) >= 11 is 1.41. The highest BCUT2D eigenvalue weighted by atomic mass is 32.2. The quantitative estimate of drug-likeness (QED) is 0.253. The van der Waals surface area contributed by atoms with Gasteiger partial charge in [0.05, 0.1) is 16.2 Å². The molecule has 5 rings (SSSR count). The van der Waals surface area contributed by atoms with E-state index in [2.05, 4.69) is 5.32 Å². The van der Waals surface area contributed by atoms with E-state index in [-0.39, 0.29) is 30.4 Å². The third-order valence-electron chi connectivity index (χ3n) is 7.37. The Hall–Kier alpha value is -3.74. The first-order chi connectivity index (χ1) is 20.4. The van der Waals surface area contributed by atoms with Crippen LogP contribution >= 0.6 is 11.3 Å². The fraction of sp³-hybridized carbons (Fsp3) is 0.290. The highest BCUT2D eigenvalue weighted by Crippen LogP contribution is 2.31. The molecule has 1 aromatic heterocycles. The number of nitrogens with one attached hydrogen (secondary N) is 1. The molecular formula is C31H31F3N4O3S2. The Kier molecular flexibility index (Phi) is 8.91. The second kappa shape index (κ2) is 12.5. The average Bonchev–Trinajstić information content (AvgIpc) is 3.50. The van der Waals surface area contributed by atoms with Crippen LogP contribution in [-0.4, -0.2) is 49.3 Å². The molecule has 12 heteroatoms. The average molecular weight is 629 g/mol. The lowest BCUT2D eigenvalue weighted by Crippen LogP contribution is -2.60. The highest BCUT2D eigenvalue weighted by Gasteiger charge is 2.41. The van der Waals surface area contributed by atoms with E-state index in [0.29, 0.717) is 17.2 Å². The highest BCUT2D eigenvalue weighted by molar-refractivity contribution is 7.89. The van der Waals surface area contributed by atoms with E-state index in [4.69, 9.17) is 4.98 Å². The van der Waals surface area contributed by atoms with Gasteiger partial charge in [0.25, 0.3) is 0 Å². The molecule has 1 atom stereocenters. The fourth-order valence-electron chi connectivity index (χ4n) is 4.87. The molecule has 1 saturated heterocycles. The maximum absolute atomic E-state index is 13.8. The van der Waals surface area contributed by atoms with Gasteiger partial charge < -0.3 is 10.2 Å².